The summed E-state index contributed by atoms with van der Waals surface area (Å²) < 4.78 is 5.12. The average molecular weight is 289 g/mol. The van der Waals surface area contributed by atoms with E-state index in [2.05, 4.69) is 5.32 Å². The van der Waals surface area contributed by atoms with Gasteiger partial charge in [-0.05, 0) is 17.7 Å². The third kappa shape index (κ3) is 3.30. The van der Waals surface area contributed by atoms with Crippen molar-refractivity contribution in [2.45, 2.75) is 12.6 Å². The summed E-state index contributed by atoms with van der Waals surface area (Å²) in [4.78, 5) is 24.3. The van der Waals surface area contributed by atoms with E-state index in [1.807, 2.05) is 6.07 Å². The highest BCUT2D eigenvalue weighted by Gasteiger charge is 2.31. The minimum absolute atomic E-state index is 0.0271. The predicted octanol–water partition coefficient (Wildman–Crippen LogP) is -0.0481. The lowest BCUT2D eigenvalue weighted by Gasteiger charge is -2.32. The molecular weight excluding hydrogens is 274 g/mol. The van der Waals surface area contributed by atoms with Gasteiger partial charge in [-0.1, -0.05) is 6.07 Å². The van der Waals surface area contributed by atoms with E-state index in [0.29, 0.717) is 17.9 Å². The number of carboxylic acids is 1. The number of piperazine rings is 1. The van der Waals surface area contributed by atoms with Crippen LogP contribution in [-0.4, -0.2) is 48.1 Å². The number of ether oxygens (including phenoxy) is 1. The van der Waals surface area contributed by atoms with Crippen molar-refractivity contribution < 1.29 is 19.4 Å². The monoisotopic (exact) mass is 289 g/mol. The highest BCUT2D eigenvalue weighted by Crippen LogP contribution is 2.21. The summed E-state index contributed by atoms with van der Waals surface area (Å²) in [7, 11) is 1.47. The number of hydrogen-bond donors (Lipinski definition) is 2. The van der Waals surface area contributed by atoms with Crippen molar-refractivity contribution in [2.75, 3.05) is 20.2 Å². The maximum Gasteiger partial charge on any atom is 0.322 e. The Hall–Kier alpha value is -2.59. The maximum absolute atomic E-state index is 11.4. The van der Waals surface area contributed by atoms with Gasteiger partial charge in [-0.3, -0.25) is 14.5 Å². The molecule has 1 aromatic carbocycles. The largest absolute Gasteiger partial charge is 0.495 e. The lowest BCUT2D eigenvalue weighted by atomic mass is 10.1. The summed E-state index contributed by atoms with van der Waals surface area (Å²) in [6.45, 7) is 0.410. The molecule has 110 valence electrons. The van der Waals surface area contributed by atoms with Crippen LogP contribution in [0.2, 0.25) is 0 Å². The maximum atomic E-state index is 11.4. The number of carbonyl (C=O) groups is 2. The van der Waals surface area contributed by atoms with Crippen LogP contribution in [0.25, 0.3) is 0 Å². The molecule has 1 fully saturated rings. The van der Waals surface area contributed by atoms with Crippen LogP contribution in [0.5, 0.6) is 5.75 Å². The first-order valence-electron chi connectivity index (χ1n) is 6.35. The second kappa shape index (κ2) is 6.24. The molecule has 1 aliphatic heterocycles. The number of rotatable bonds is 4. The molecular formula is C14H15N3O4. The highest BCUT2D eigenvalue weighted by molar-refractivity contribution is 5.83. The highest BCUT2D eigenvalue weighted by atomic mass is 16.5. The Morgan fingerprint density at radius 2 is 2.38 bits per heavy atom. The van der Waals surface area contributed by atoms with E-state index in [9.17, 15) is 14.7 Å². The molecule has 1 aromatic rings. The van der Waals surface area contributed by atoms with Gasteiger partial charge in [0, 0.05) is 13.1 Å². The standard InChI is InChI=1S/C14H15N3O4/c1-21-12-4-9(2-3-10(12)5-15)7-17-8-13(18)16-6-11(17)14(19)20/h2-4,11H,6-8H2,1H3,(H,16,18)(H,19,20). The number of carboxylic acid groups (broad SMARTS) is 1. The Morgan fingerprint density at radius 1 is 1.62 bits per heavy atom. The molecule has 7 nitrogen and oxygen atoms in total. The van der Waals surface area contributed by atoms with Crippen molar-refractivity contribution in [1.29, 1.82) is 5.26 Å². The van der Waals surface area contributed by atoms with Gasteiger partial charge < -0.3 is 15.2 Å². The smallest absolute Gasteiger partial charge is 0.322 e. The summed E-state index contributed by atoms with van der Waals surface area (Å²) in [5.74, 6) is -0.743. The predicted molar refractivity (Wildman–Crippen MR) is 72.6 cm³/mol. The Morgan fingerprint density at radius 3 is 3.00 bits per heavy atom. The number of amides is 1. The molecule has 0 aromatic heterocycles. The second-order valence-electron chi connectivity index (χ2n) is 4.71. The van der Waals surface area contributed by atoms with Crippen molar-refractivity contribution >= 4 is 11.9 Å². The van der Waals surface area contributed by atoms with Gasteiger partial charge in [0.1, 0.15) is 17.9 Å². The molecule has 1 unspecified atom stereocenters. The fraction of sp³-hybridized carbons (Fsp3) is 0.357. The zero-order chi connectivity index (χ0) is 15.4. The molecule has 2 rings (SSSR count). The van der Waals surface area contributed by atoms with E-state index in [4.69, 9.17) is 10.00 Å². The molecule has 1 amide bonds. The van der Waals surface area contributed by atoms with Gasteiger partial charge in [-0.2, -0.15) is 5.26 Å². The average Bonchev–Trinajstić information content (AvgIpc) is 2.46. The molecule has 1 aliphatic rings. The third-order valence-electron chi connectivity index (χ3n) is 3.34. The van der Waals surface area contributed by atoms with Gasteiger partial charge in [0.05, 0.1) is 19.2 Å². The van der Waals surface area contributed by atoms with Crippen molar-refractivity contribution in [3.63, 3.8) is 0 Å². The molecule has 0 saturated carbocycles. The molecule has 1 saturated heterocycles. The zero-order valence-corrected chi connectivity index (χ0v) is 11.5. The van der Waals surface area contributed by atoms with E-state index >= 15 is 0 Å². The van der Waals surface area contributed by atoms with Gasteiger partial charge in [-0.15, -0.1) is 0 Å². The van der Waals surface area contributed by atoms with Crippen molar-refractivity contribution in [3.8, 4) is 11.8 Å². The van der Waals surface area contributed by atoms with Gasteiger partial charge in [0.15, 0.2) is 0 Å². The molecule has 7 heteroatoms. The van der Waals surface area contributed by atoms with E-state index < -0.39 is 12.0 Å². The third-order valence-corrected chi connectivity index (χ3v) is 3.34. The number of methoxy groups -OCH3 is 1. The molecule has 1 atom stereocenters. The van der Waals surface area contributed by atoms with Crippen molar-refractivity contribution in [3.05, 3.63) is 29.3 Å². The van der Waals surface area contributed by atoms with Crippen LogP contribution in [0.15, 0.2) is 18.2 Å². The lowest BCUT2D eigenvalue weighted by molar-refractivity contribution is -0.146. The van der Waals surface area contributed by atoms with E-state index in [1.54, 1.807) is 23.1 Å². The first-order chi connectivity index (χ1) is 10.0. The van der Waals surface area contributed by atoms with Crippen LogP contribution in [0.4, 0.5) is 0 Å². The minimum Gasteiger partial charge on any atom is -0.495 e. The summed E-state index contributed by atoms with van der Waals surface area (Å²) >= 11 is 0. The first-order valence-corrected chi connectivity index (χ1v) is 6.35. The van der Waals surface area contributed by atoms with Crippen LogP contribution in [-0.2, 0) is 16.1 Å². The SMILES string of the molecule is COc1cc(CN2CC(=O)NCC2C(=O)O)ccc1C#N. The van der Waals surface area contributed by atoms with Crippen LogP contribution in [0.3, 0.4) is 0 Å². The normalized spacial score (nSPS) is 18.7. The number of hydrogen-bond acceptors (Lipinski definition) is 5. The van der Waals surface area contributed by atoms with Crippen molar-refractivity contribution in [1.82, 2.24) is 10.2 Å². The fourth-order valence-electron chi connectivity index (χ4n) is 2.26. The topological polar surface area (TPSA) is 103 Å². The van der Waals surface area contributed by atoms with Crippen LogP contribution < -0.4 is 10.1 Å². The number of nitrogens with zero attached hydrogens (tertiary/aromatic N) is 2. The van der Waals surface area contributed by atoms with Gasteiger partial charge >= 0.3 is 5.97 Å². The fourth-order valence-corrected chi connectivity index (χ4v) is 2.26. The molecule has 21 heavy (non-hydrogen) atoms. The molecule has 0 spiro atoms. The van der Waals surface area contributed by atoms with Gasteiger partial charge in [0.25, 0.3) is 0 Å². The summed E-state index contributed by atoms with van der Waals surface area (Å²) in [6.07, 6.45) is 0. The summed E-state index contributed by atoms with van der Waals surface area (Å²) in [5, 5.41) is 20.7. The lowest BCUT2D eigenvalue weighted by Crippen LogP contribution is -2.56. The Balaban J connectivity index is 2.21. The Labute approximate surface area is 121 Å². The Kier molecular flexibility index (Phi) is 4.40. The number of benzene rings is 1. The zero-order valence-electron chi connectivity index (χ0n) is 11.5. The minimum atomic E-state index is -0.976. The molecule has 0 radical (unpaired) electrons. The summed E-state index contributed by atoms with van der Waals surface area (Å²) in [6, 6.07) is 6.29. The quantitative estimate of drug-likeness (QED) is 0.805. The van der Waals surface area contributed by atoms with E-state index in [1.165, 1.54) is 7.11 Å². The van der Waals surface area contributed by atoms with Gasteiger partial charge in [0.2, 0.25) is 5.91 Å². The summed E-state index contributed by atoms with van der Waals surface area (Å²) in [5.41, 5.74) is 1.19. The van der Waals surface area contributed by atoms with Crippen LogP contribution in [0.1, 0.15) is 11.1 Å². The number of nitrogens with one attached hydrogen (secondary N) is 1. The molecule has 0 bridgehead atoms. The van der Waals surface area contributed by atoms with E-state index in [-0.39, 0.29) is 19.0 Å². The van der Waals surface area contributed by atoms with Crippen LogP contribution >= 0.6 is 0 Å². The second-order valence-corrected chi connectivity index (χ2v) is 4.71. The number of carbonyl (C=O) groups excluding carboxylic acids is 1. The number of aliphatic carboxylic acids is 1. The first kappa shape index (κ1) is 14.8. The van der Waals surface area contributed by atoms with E-state index in [0.717, 1.165) is 5.56 Å². The molecule has 0 aliphatic carbocycles. The van der Waals surface area contributed by atoms with Gasteiger partial charge in [-0.25, -0.2) is 0 Å². The Bertz CT molecular complexity index is 609. The number of nitriles is 1. The molecule has 1 heterocycles. The molecule has 2 N–H and O–H groups in total. The van der Waals surface area contributed by atoms with Crippen LogP contribution in [0, 0.1) is 11.3 Å². The van der Waals surface area contributed by atoms with Crippen molar-refractivity contribution in [2.24, 2.45) is 0 Å².